The van der Waals surface area contributed by atoms with Gasteiger partial charge in [-0.1, -0.05) is 6.07 Å². The molecule has 21 heavy (non-hydrogen) atoms. The molecule has 0 fully saturated rings. The van der Waals surface area contributed by atoms with Crippen LogP contribution in [0.1, 0.15) is 10.4 Å². The number of carbonyl (C=O) groups is 1. The van der Waals surface area contributed by atoms with Gasteiger partial charge in [0.25, 0.3) is 0 Å². The molecular weight excluding hydrogens is 276 g/mol. The number of carboxylic acids is 1. The summed E-state index contributed by atoms with van der Waals surface area (Å²) >= 11 is 0. The second-order valence-electron chi connectivity index (χ2n) is 4.85. The van der Waals surface area contributed by atoms with Crippen LogP contribution in [0.2, 0.25) is 0 Å². The zero-order valence-corrected chi connectivity index (χ0v) is 11.1. The molecule has 5 heteroatoms. The van der Waals surface area contributed by atoms with Gasteiger partial charge in [-0.25, -0.2) is 13.6 Å². The Bertz CT molecular complexity index is 848. The smallest absolute Gasteiger partial charge is 0.337 e. The summed E-state index contributed by atoms with van der Waals surface area (Å²) in [5.41, 5.74) is 1.84. The molecule has 1 heterocycles. The van der Waals surface area contributed by atoms with Crippen LogP contribution in [0.5, 0.6) is 0 Å². The fraction of sp³-hybridized carbons (Fsp3) is 0.0625. The Hall–Kier alpha value is -2.69. The lowest BCUT2D eigenvalue weighted by molar-refractivity contribution is 0.0699. The van der Waals surface area contributed by atoms with Crippen molar-refractivity contribution in [3.05, 3.63) is 59.8 Å². The monoisotopic (exact) mass is 287 g/mol. The van der Waals surface area contributed by atoms with E-state index in [2.05, 4.69) is 0 Å². The molecule has 106 valence electrons. The average molecular weight is 287 g/mol. The largest absolute Gasteiger partial charge is 0.478 e. The van der Waals surface area contributed by atoms with Crippen LogP contribution < -0.4 is 0 Å². The van der Waals surface area contributed by atoms with Gasteiger partial charge in [0, 0.05) is 30.2 Å². The minimum absolute atomic E-state index is 0.159. The van der Waals surface area contributed by atoms with Gasteiger partial charge in [-0.3, -0.25) is 0 Å². The van der Waals surface area contributed by atoms with E-state index in [9.17, 15) is 18.7 Å². The van der Waals surface area contributed by atoms with Gasteiger partial charge in [0.15, 0.2) is 0 Å². The number of hydrogen-bond acceptors (Lipinski definition) is 1. The summed E-state index contributed by atoms with van der Waals surface area (Å²) in [6.07, 6.45) is 1.52. The van der Waals surface area contributed by atoms with Gasteiger partial charge in [-0.2, -0.15) is 0 Å². The second-order valence-corrected chi connectivity index (χ2v) is 4.85. The Kier molecular flexibility index (Phi) is 2.97. The highest BCUT2D eigenvalue weighted by atomic mass is 19.1. The molecule has 3 rings (SSSR count). The van der Waals surface area contributed by atoms with Gasteiger partial charge in [0.2, 0.25) is 0 Å². The molecule has 0 saturated carbocycles. The molecule has 3 aromatic rings. The average Bonchev–Trinajstić information content (AvgIpc) is 2.75. The quantitative estimate of drug-likeness (QED) is 0.778. The van der Waals surface area contributed by atoms with E-state index in [0.29, 0.717) is 16.5 Å². The van der Waals surface area contributed by atoms with Gasteiger partial charge in [-0.15, -0.1) is 0 Å². The Morgan fingerprint density at radius 1 is 1.05 bits per heavy atom. The summed E-state index contributed by atoms with van der Waals surface area (Å²) in [5.74, 6) is -2.38. The minimum Gasteiger partial charge on any atom is -0.478 e. The molecule has 0 unspecified atom stereocenters. The van der Waals surface area contributed by atoms with Crippen molar-refractivity contribution < 1.29 is 18.7 Å². The van der Waals surface area contributed by atoms with Crippen LogP contribution in [0.3, 0.4) is 0 Å². The third-order valence-electron chi connectivity index (χ3n) is 3.42. The molecular formula is C16H11F2NO2. The first-order chi connectivity index (χ1) is 9.95. The lowest BCUT2D eigenvalue weighted by Gasteiger charge is -2.04. The van der Waals surface area contributed by atoms with E-state index in [1.165, 1.54) is 18.3 Å². The predicted molar refractivity (Wildman–Crippen MR) is 75.2 cm³/mol. The number of benzene rings is 2. The molecule has 0 aliphatic heterocycles. The lowest BCUT2D eigenvalue weighted by Crippen LogP contribution is -1.94. The standard InChI is InChI=1S/C16H11F2NO2/c1-19-8-14(16(20)21)13-6-9(2-3-15(13)19)10-4-11(17)7-12(18)5-10/h2-8H,1H3,(H,20,21). The molecule has 0 aliphatic rings. The number of fused-ring (bicyclic) bond motifs is 1. The summed E-state index contributed by atoms with van der Waals surface area (Å²) in [6, 6.07) is 8.31. The second kappa shape index (κ2) is 4.70. The highest BCUT2D eigenvalue weighted by molar-refractivity contribution is 6.04. The third kappa shape index (κ3) is 2.27. The highest BCUT2D eigenvalue weighted by Gasteiger charge is 2.14. The van der Waals surface area contributed by atoms with E-state index in [1.54, 1.807) is 29.8 Å². The normalized spacial score (nSPS) is 11.0. The zero-order chi connectivity index (χ0) is 15.1. The Balaban J connectivity index is 2.25. The third-order valence-corrected chi connectivity index (χ3v) is 3.42. The Labute approximate surface area is 119 Å². The molecule has 0 bridgehead atoms. The first kappa shape index (κ1) is 13.3. The Morgan fingerprint density at radius 2 is 1.71 bits per heavy atom. The molecule has 0 amide bonds. The van der Waals surface area contributed by atoms with Crippen molar-refractivity contribution >= 4 is 16.9 Å². The molecule has 3 nitrogen and oxygen atoms in total. The van der Waals surface area contributed by atoms with Crippen LogP contribution in [0.4, 0.5) is 8.78 Å². The number of aryl methyl sites for hydroxylation is 1. The van der Waals surface area contributed by atoms with Crippen molar-refractivity contribution in [3.8, 4) is 11.1 Å². The molecule has 0 spiro atoms. The number of rotatable bonds is 2. The van der Waals surface area contributed by atoms with Crippen LogP contribution in [0.15, 0.2) is 42.6 Å². The predicted octanol–water partition coefficient (Wildman–Crippen LogP) is 3.82. The van der Waals surface area contributed by atoms with Gasteiger partial charge in [-0.05, 0) is 35.4 Å². The van der Waals surface area contributed by atoms with Crippen molar-refractivity contribution in [3.63, 3.8) is 0 Å². The van der Waals surface area contributed by atoms with Crippen molar-refractivity contribution in [2.24, 2.45) is 7.05 Å². The fourth-order valence-corrected chi connectivity index (χ4v) is 2.46. The summed E-state index contributed by atoms with van der Waals surface area (Å²) in [7, 11) is 1.75. The van der Waals surface area contributed by atoms with Gasteiger partial charge < -0.3 is 9.67 Å². The SMILES string of the molecule is Cn1cc(C(=O)O)c2cc(-c3cc(F)cc(F)c3)ccc21. The van der Waals surface area contributed by atoms with Crippen LogP contribution in [0.25, 0.3) is 22.0 Å². The first-order valence-corrected chi connectivity index (χ1v) is 6.24. The van der Waals surface area contributed by atoms with Gasteiger partial charge in [0.05, 0.1) is 5.56 Å². The molecule has 0 radical (unpaired) electrons. The number of aromatic nitrogens is 1. The molecule has 2 aromatic carbocycles. The van der Waals surface area contributed by atoms with Gasteiger partial charge >= 0.3 is 5.97 Å². The molecule has 0 saturated heterocycles. The van der Waals surface area contributed by atoms with Gasteiger partial charge in [0.1, 0.15) is 11.6 Å². The van der Waals surface area contributed by atoms with E-state index in [-0.39, 0.29) is 5.56 Å². The lowest BCUT2D eigenvalue weighted by atomic mass is 10.0. The summed E-state index contributed by atoms with van der Waals surface area (Å²) in [4.78, 5) is 11.3. The number of hydrogen-bond donors (Lipinski definition) is 1. The zero-order valence-electron chi connectivity index (χ0n) is 11.1. The molecule has 1 aromatic heterocycles. The van der Waals surface area contributed by atoms with E-state index >= 15 is 0 Å². The molecule has 0 atom stereocenters. The number of carboxylic acid groups (broad SMARTS) is 1. The van der Waals surface area contributed by atoms with Crippen molar-refractivity contribution in [1.29, 1.82) is 0 Å². The fourth-order valence-electron chi connectivity index (χ4n) is 2.46. The van der Waals surface area contributed by atoms with E-state index in [0.717, 1.165) is 11.6 Å². The van der Waals surface area contributed by atoms with Crippen molar-refractivity contribution in [2.45, 2.75) is 0 Å². The van der Waals surface area contributed by atoms with Crippen LogP contribution in [-0.2, 0) is 7.05 Å². The maximum Gasteiger partial charge on any atom is 0.337 e. The topological polar surface area (TPSA) is 42.2 Å². The van der Waals surface area contributed by atoms with E-state index in [1.807, 2.05) is 0 Å². The summed E-state index contributed by atoms with van der Waals surface area (Å²) in [5, 5.41) is 9.75. The van der Waals surface area contributed by atoms with Crippen LogP contribution in [-0.4, -0.2) is 15.6 Å². The maximum absolute atomic E-state index is 13.3. The molecule has 1 N–H and O–H groups in total. The van der Waals surface area contributed by atoms with E-state index < -0.39 is 17.6 Å². The van der Waals surface area contributed by atoms with Crippen LogP contribution >= 0.6 is 0 Å². The maximum atomic E-state index is 13.3. The summed E-state index contributed by atoms with van der Waals surface area (Å²) < 4.78 is 28.3. The number of halogens is 2. The minimum atomic E-state index is -1.04. The van der Waals surface area contributed by atoms with Crippen molar-refractivity contribution in [2.75, 3.05) is 0 Å². The summed E-state index contributed by atoms with van der Waals surface area (Å²) in [6.45, 7) is 0. The molecule has 0 aliphatic carbocycles. The number of nitrogens with zero attached hydrogens (tertiary/aromatic N) is 1. The highest BCUT2D eigenvalue weighted by Crippen LogP contribution is 2.28. The first-order valence-electron chi connectivity index (χ1n) is 6.24. The Morgan fingerprint density at radius 3 is 2.33 bits per heavy atom. The van der Waals surface area contributed by atoms with Crippen LogP contribution in [0, 0.1) is 11.6 Å². The van der Waals surface area contributed by atoms with E-state index in [4.69, 9.17) is 0 Å². The van der Waals surface area contributed by atoms with Crippen molar-refractivity contribution in [1.82, 2.24) is 4.57 Å². The number of aromatic carboxylic acids is 1.